The van der Waals surface area contributed by atoms with Crippen molar-refractivity contribution in [2.75, 3.05) is 48.6 Å². The molecule has 3 N–H and O–H groups in total. The number of unbranched alkanes of at least 4 members (excludes halogenated alkanes) is 1. The average Bonchev–Trinajstić information content (AvgIpc) is 3.48. The third-order valence-corrected chi connectivity index (χ3v) is 13.8. The van der Waals surface area contributed by atoms with Crippen LogP contribution >= 0.6 is 0 Å². The van der Waals surface area contributed by atoms with Gasteiger partial charge in [-0.3, -0.25) is 9.59 Å². The van der Waals surface area contributed by atoms with Gasteiger partial charge in [-0.25, -0.2) is 4.79 Å². The Morgan fingerprint density at radius 2 is 1.68 bits per heavy atom. The van der Waals surface area contributed by atoms with Crippen LogP contribution in [0.2, 0.25) is 0 Å². The number of carboxylic acids is 1. The van der Waals surface area contributed by atoms with E-state index >= 15 is 0 Å². The molecule has 1 heterocycles. The number of aliphatic hydroxyl groups is 2. The molecule has 1 aliphatic heterocycles. The number of hydrogen-bond donors (Lipinski definition) is 3. The predicted octanol–water partition coefficient (Wildman–Crippen LogP) is 1.91. The zero-order chi connectivity index (χ0) is 35.8. The molecule has 50 heavy (non-hydrogen) atoms. The standard InChI is InChI=1S/C37H51NO12/c1-38-18-34(19-45-2)16-15-22(46-3)36-21-17-35(44)31(49-33(43)20-11-7-6-8-12-20)25(21)37(30(42)32(35)48-5,26(29(36)38)27(47-4)28(34)36)50-24(41)14-10-9-13-23(39)40/h6-8,11-12,21-22,25-32,42,44H,9-10,13-19H2,1-5H3,(H,39,40)/t21-,22+,25-,26+,27+,28-,29?,30+,31-,32+,34+,35-,36+,37-/m1/s1. The summed E-state index contributed by atoms with van der Waals surface area (Å²) in [6.07, 6.45) is -2.84. The molecule has 7 bridgehead atoms. The molecule has 1 spiro atoms. The van der Waals surface area contributed by atoms with Crippen molar-refractivity contribution in [1.29, 1.82) is 0 Å². The maximum absolute atomic E-state index is 14.1. The van der Waals surface area contributed by atoms with Crippen molar-refractivity contribution in [3.05, 3.63) is 35.9 Å². The Labute approximate surface area is 292 Å². The first kappa shape index (κ1) is 35.7. The maximum atomic E-state index is 14.1. The fourth-order valence-electron chi connectivity index (χ4n) is 12.8. The monoisotopic (exact) mass is 701 g/mol. The first-order chi connectivity index (χ1) is 23.9. The minimum atomic E-state index is -1.83. The molecular weight excluding hydrogens is 650 g/mol. The molecule has 0 radical (unpaired) electrons. The molecule has 6 fully saturated rings. The molecule has 1 unspecified atom stereocenters. The summed E-state index contributed by atoms with van der Waals surface area (Å²) >= 11 is 0. The number of carbonyl (C=O) groups excluding carboxylic acids is 2. The summed E-state index contributed by atoms with van der Waals surface area (Å²) in [5.41, 5.74) is -4.31. The molecule has 0 amide bonds. The van der Waals surface area contributed by atoms with Crippen LogP contribution in [0.4, 0.5) is 0 Å². The van der Waals surface area contributed by atoms with Crippen LogP contribution in [0.5, 0.6) is 0 Å². The first-order valence-electron chi connectivity index (χ1n) is 17.8. The van der Waals surface area contributed by atoms with Crippen molar-refractivity contribution >= 4 is 17.9 Å². The van der Waals surface area contributed by atoms with Crippen LogP contribution in [0.1, 0.15) is 55.3 Å². The van der Waals surface area contributed by atoms with Gasteiger partial charge >= 0.3 is 17.9 Å². The lowest BCUT2D eigenvalue weighted by Crippen LogP contribution is -2.80. The number of nitrogens with zero attached hydrogens (tertiary/aromatic N) is 1. The Bertz CT molecular complexity index is 1480. The van der Waals surface area contributed by atoms with Gasteiger partial charge in [0.25, 0.3) is 0 Å². The number of rotatable bonds is 13. The predicted molar refractivity (Wildman–Crippen MR) is 175 cm³/mol. The number of likely N-dealkylation sites (tertiary alicyclic amines) is 1. The van der Waals surface area contributed by atoms with E-state index in [9.17, 15) is 29.7 Å². The third kappa shape index (κ3) is 4.59. The van der Waals surface area contributed by atoms with Crippen molar-refractivity contribution in [2.24, 2.45) is 34.5 Å². The molecule has 5 saturated carbocycles. The Balaban J connectivity index is 1.44. The number of aliphatic carboxylic acids is 1. The van der Waals surface area contributed by atoms with Gasteiger partial charge in [0.1, 0.15) is 23.9 Å². The number of aliphatic hydroxyl groups excluding tert-OH is 1. The Kier molecular flexibility index (Phi) is 9.14. The highest BCUT2D eigenvalue weighted by Gasteiger charge is 2.91. The quantitative estimate of drug-likeness (QED) is 0.202. The number of carbonyl (C=O) groups is 3. The maximum Gasteiger partial charge on any atom is 0.338 e. The molecule has 13 nitrogen and oxygen atoms in total. The van der Waals surface area contributed by atoms with Crippen molar-refractivity contribution in [3.8, 4) is 0 Å². The zero-order valence-corrected chi connectivity index (χ0v) is 29.5. The van der Waals surface area contributed by atoms with E-state index in [2.05, 4.69) is 4.90 Å². The molecule has 6 aliphatic rings. The first-order valence-corrected chi connectivity index (χ1v) is 17.8. The minimum Gasteiger partial charge on any atom is -0.481 e. The Hall–Kier alpha value is -2.65. The Morgan fingerprint density at radius 3 is 2.32 bits per heavy atom. The van der Waals surface area contributed by atoms with Crippen molar-refractivity contribution in [3.63, 3.8) is 0 Å². The van der Waals surface area contributed by atoms with Crippen molar-refractivity contribution in [2.45, 2.75) is 92.7 Å². The highest BCUT2D eigenvalue weighted by atomic mass is 16.6. The van der Waals surface area contributed by atoms with Gasteiger partial charge in [-0.2, -0.15) is 0 Å². The largest absolute Gasteiger partial charge is 0.481 e. The summed E-state index contributed by atoms with van der Waals surface area (Å²) in [5, 5.41) is 34.7. The second-order valence-electron chi connectivity index (χ2n) is 15.7. The second kappa shape index (κ2) is 12.8. The molecule has 0 aromatic heterocycles. The molecule has 5 aliphatic carbocycles. The summed E-state index contributed by atoms with van der Waals surface area (Å²) in [7, 11) is 8.50. The van der Waals surface area contributed by atoms with E-state index in [0.717, 1.165) is 12.8 Å². The number of fused-ring (bicyclic) bond motifs is 2. The number of piperidine rings is 1. The fourth-order valence-corrected chi connectivity index (χ4v) is 12.8. The topological polar surface area (TPSA) is 171 Å². The molecule has 1 aromatic rings. The van der Waals surface area contributed by atoms with E-state index in [1.54, 1.807) is 51.7 Å². The smallest absolute Gasteiger partial charge is 0.338 e. The van der Waals surface area contributed by atoms with E-state index in [1.165, 1.54) is 7.11 Å². The molecule has 13 heteroatoms. The molecule has 1 saturated heterocycles. The third-order valence-electron chi connectivity index (χ3n) is 13.8. The van der Waals surface area contributed by atoms with E-state index in [1.807, 2.05) is 7.05 Å². The summed E-state index contributed by atoms with van der Waals surface area (Å²) in [6.45, 7) is 1.13. The van der Waals surface area contributed by atoms with E-state index in [4.69, 9.17) is 28.4 Å². The van der Waals surface area contributed by atoms with Gasteiger partial charge in [-0.15, -0.1) is 0 Å². The second-order valence-corrected chi connectivity index (χ2v) is 15.7. The number of methoxy groups -OCH3 is 4. The molecule has 14 atom stereocenters. The molecule has 276 valence electrons. The van der Waals surface area contributed by atoms with E-state index < -0.39 is 76.7 Å². The van der Waals surface area contributed by atoms with Gasteiger partial charge in [0.05, 0.1) is 24.4 Å². The summed E-state index contributed by atoms with van der Waals surface area (Å²) < 4.78 is 38.0. The summed E-state index contributed by atoms with van der Waals surface area (Å²) in [4.78, 5) is 41.4. The number of carboxylic acid groups (broad SMARTS) is 1. The number of esters is 2. The lowest BCUT2D eigenvalue weighted by molar-refractivity contribution is -0.317. The van der Waals surface area contributed by atoms with Crippen LogP contribution in [-0.4, -0.2) is 135 Å². The zero-order valence-electron chi connectivity index (χ0n) is 29.5. The van der Waals surface area contributed by atoms with Gasteiger partial charge in [-0.05, 0) is 57.2 Å². The lowest BCUT2D eigenvalue weighted by atomic mass is 9.43. The number of hydrogen-bond acceptors (Lipinski definition) is 12. The van der Waals surface area contributed by atoms with Gasteiger partial charge in [0.15, 0.2) is 5.60 Å². The van der Waals surface area contributed by atoms with Crippen LogP contribution in [-0.2, 0) is 38.0 Å². The van der Waals surface area contributed by atoms with Crippen LogP contribution < -0.4 is 0 Å². The van der Waals surface area contributed by atoms with Gasteiger partial charge in [0.2, 0.25) is 0 Å². The number of benzene rings is 1. The number of ether oxygens (including phenoxy) is 6. The SMILES string of the molecule is COC[C@@]12CC[C@H](OC)[C@]34C([C@H]([C@H](OC)[C@H]13)[C@]1(OC(=O)CCCCC(=O)O)[C@H]3[C@@H](OC(=O)c5ccccc5)[C@](O)(C[C@H]34)[C@@H](OC)[C@@H]1O)N(C)C2. The highest BCUT2D eigenvalue weighted by Crippen LogP contribution is 2.80. The summed E-state index contributed by atoms with van der Waals surface area (Å²) in [6, 6.07) is 8.20. The van der Waals surface area contributed by atoms with Gasteiger partial charge < -0.3 is 48.6 Å². The van der Waals surface area contributed by atoms with Crippen LogP contribution in [0, 0.1) is 34.5 Å². The molecule has 1 aromatic carbocycles. The summed E-state index contributed by atoms with van der Waals surface area (Å²) in [5.74, 6) is -4.35. The van der Waals surface area contributed by atoms with Crippen LogP contribution in [0.25, 0.3) is 0 Å². The van der Waals surface area contributed by atoms with E-state index in [0.29, 0.717) is 18.7 Å². The fraction of sp³-hybridized carbons (Fsp3) is 0.757. The van der Waals surface area contributed by atoms with Crippen LogP contribution in [0.15, 0.2) is 30.3 Å². The highest BCUT2D eigenvalue weighted by molar-refractivity contribution is 5.89. The average molecular weight is 702 g/mol. The molecular formula is C37H51NO12. The normalized spacial score (nSPS) is 45.3. The van der Waals surface area contributed by atoms with Crippen molar-refractivity contribution in [1.82, 2.24) is 4.90 Å². The van der Waals surface area contributed by atoms with E-state index in [-0.39, 0.29) is 55.6 Å². The van der Waals surface area contributed by atoms with Gasteiger partial charge in [0, 0.05) is 82.5 Å². The Morgan fingerprint density at radius 1 is 0.960 bits per heavy atom. The van der Waals surface area contributed by atoms with Gasteiger partial charge in [-0.1, -0.05) is 18.2 Å². The minimum absolute atomic E-state index is 0.0801. The van der Waals surface area contributed by atoms with Crippen molar-refractivity contribution < 1.29 is 58.1 Å². The van der Waals surface area contributed by atoms with Crippen LogP contribution in [0.3, 0.4) is 0 Å². The molecule has 7 rings (SSSR count). The lowest BCUT2D eigenvalue weighted by Gasteiger charge is -2.69.